The molecule has 14 heteroatoms. The number of carbonyl (C=O) groups is 3. The summed E-state index contributed by atoms with van der Waals surface area (Å²) in [5.74, 6) is -3.32. The Labute approximate surface area is 333 Å². The molecule has 0 bridgehead atoms. The molecular weight excluding hydrogens is 739 g/mol. The van der Waals surface area contributed by atoms with Crippen molar-refractivity contribution in [3.63, 3.8) is 0 Å². The van der Waals surface area contributed by atoms with Crippen molar-refractivity contribution in [1.82, 2.24) is 15.5 Å². The normalized spacial score (nSPS) is 19.0. The van der Waals surface area contributed by atoms with Gasteiger partial charge in [-0.05, 0) is 41.5 Å². The lowest BCUT2D eigenvalue weighted by Crippen LogP contribution is -2.57. The van der Waals surface area contributed by atoms with E-state index in [-0.39, 0.29) is 31.9 Å². The van der Waals surface area contributed by atoms with Crippen LogP contribution in [0.4, 0.5) is 0 Å². The van der Waals surface area contributed by atoms with Gasteiger partial charge in [-0.1, -0.05) is 101 Å². The van der Waals surface area contributed by atoms with Crippen LogP contribution in [0.3, 0.4) is 0 Å². The molecule has 2 amide bonds. The number of hydrogen-bond acceptors (Lipinski definition) is 11. The van der Waals surface area contributed by atoms with Crippen molar-refractivity contribution in [1.29, 1.82) is 0 Å². The predicted molar refractivity (Wildman–Crippen MR) is 216 cm³/mol. The molecule has 1 aliphatic heterocycles. The van der Waals surface area contributed by atoms with Gasteiger partial charge in [0.05, 0.1) is 42.8 Å². The lowest BCUT2D eigenvalue weighted by atomic mass is 9.83. The Morgan fingerprint density at radius 2 is 1.66 bits per heavy atom. The largest absolute Gasteiger partial charge is 0.463 e. The SMILES string of the molecule is CCCC[C@H](NC(=O)[C@H](Cc1cccc2ccccc12)CS(=O)(=O)CC(COC(=O)CC)OC)C(=O)N[C@@H](CC1CCCCC1)[C@@H](O)[C@@H](O)CN1CCOCC1. The molecule has 1 saturated carbocycles. The minimum atomic E-state index is -3.96. The summed E-state index contributed by atoms with van der Waals surface area (Å²) in [5.41, 5.74) is 0.790. The third-order valence-electron chi connectivity index (χ3n) is 11.1. The van der Waals surface area contributed by atoms with Gasteiger partial charge in [-0.2, -0.15) is 0 Å². The molecule has 314 valence electrons. The van der Waals surface area contributed by atoms with Crippen molar-refractivity contribution in [2.45, 2.75) is 115 Å². The van der Waals surface area contributed by atoms with Crippen molar-refractivity contribution >= 4 is 38.4 Å². The highest BCUT2D eigenvalue weighted by molar-refractivity contribution is 7.91. The number of nitrogens with one attached hydrogen (secondary N) is 2. The zero-order valence-electron chi connectivity index (χ0n) is 33.5. The number of hydrogen-bond donors (Lipinski definition) is 4. The number of methoxy groups -OCH3 is 1. The van der Waals surface area contributed by atoms with E-state index in [1.807, 2.05) is 54.3 Å². The molecule has 4 rings (SSSR count). The van der Waals surface area contributed by atoms with Crippen LogP contribution in [0.5, 0.6) is 0 Å². The van der Waals surface area contributed by atoms with Gasteiger partial charge in [-0.25, -0.2) is 8.42 Å². The van der Waals surface area contributed by atoms with Crippen molar-refractivity contribution in [2.24, 2.45) is 11.8 Å². The Morgan fingerprint density at radius 1 is 0.946 bits per heavy atom. The summed E-state index contributed by atoms with van der Waals surface area (Å²) in [4.78, 5) is 42.4. The third kappa shape index (κ3) is 14.7. The van der Waals surface area contributed by atoms with Crippen molar-refractivity contribution in [3.8, 4) is 0 Å². The van der Waals surface area contributed by atoms with E-state index in [0.717, 1.165) is 54.9 Å². The fourth-order valence-electron chi connectivity index (χ4n) is 7.83. The first-order valence-corrected chi connectivity index (χ1v) is 22.4. The lowest BCUT2D eigenvalue weighted by Gasteiger charge is -2.35. The zero-order chi connectivity index (χ0) is 40.5. The number of unbranched alkanes of at least 4 members (excludes halogenated alkanes) is 1. The Morgan fingerprint density at radius 3 is 2.36 bits per heavy atom. The summed E-state index contributed by atoms with van der Waals surface area (Å²) in [6, 6.07) is 11.6. The molecule has 1 aliphatic carbocycles. The number of ether oxygens (including phenoxy) is 3. The predicted octanol–water partition coefficient (Wildman–Crippen LogP) is 3.57. The second-order valence-corrected chi connectivity index (χ2v) is 17.7. The molecule has 2 aliphatic rings. The van der Waals surface area contributed by atoms with E-state index in [1.165, 1.54) is 7.11 Å². The second-order valence-electron chi connectivity index (χ2n) is 15.5. The number of aliphatic hydroxyl groups is 2. The first kappa shape index (κ1) is 45.6. The quantitative estimate of drug-likeness (QED) is 0.121. The smallest absolute Gasteiger partial charge is 0.305 e. The minimum absolute atomic E-state index is 0.0910. The number of carbonyl (C=O) groups excluding carboxylic acids is 3. The van der Waals surface area contributed by atoms with Crippen LogP contribution in [0.25, 0.3) is 10.8 Å². The number of nitrogens with zero attached hydrogens (tertiary/aromatic N) is 1. The average Bonchev–Trinajstić information content (AvgIpc) is 3.20. The van der Waals surface area contributed by atoms with Gasteiger partial charge in [-0.15, -0.1) is 0 Å². The molecule has 0 spiro atoms. The maximum absolute atomic E-state index is 14.4. The molecule has 1 heterocycles. The van der Waals surface area contributed by atoms with E-state index in [4.69, 9.17) is 14.2 Å². The number of esters is 1. The van der Waals surface area contributed by atoms with Gasteiger partial charge in [0.2, 0.25) is 11.8 Å². The molecule has 4 N–H and O–H groups in total. The summed E-state index contributed by atoms with van der Waals surface area (Å²) in [5, 5.41) is 30.6. The van der Waals surface area contributed by atoms with Crippen molar-refractivity contribution in [2.75, 3.05) is 58.1 Å². The van der Waals surface area contributed by atoms with Crippen LogP contribution in [0.15, 0.2) is 42.5 Å². The average molecular weight is 804 g/mol. The van der Waals surface area contributed by atoms with E-state index in [9.17, 15) is 33.0 Å². The van der Waals surface area contributed by atoms with E-state index < -0.39 is 75.4 Å². The van der Waals surface area contributed by atoms with Crippen LogP contribution >= 0.6 is 0 Å². The van der Waals surface area contributed by atoms with Crippen molar-refractivity contribution in [3.05, 3.63) is 48.0 Å². The number of aliphatic hydroxyl groups excluding tert-OH is 2. The molecule has 13 nitrogen and oxygen atoms in total. The molecule has 2 fully saturated rings. The van der Waals surface area contributed by atoms with Gasteiger partial charge in [0.15, 0.2) is 9.84 Å². The summed E-state index contributed by atoms with van der Waals surface area (Å²) in [6.45, 7) is 6.01. The number of rotatable bonds is 23. The first-order chi connectivity index (χ1) is 26.9. The van der Waals surface area contributed by atoms with Gasteiger partial charge in [0.1, 0.15) is 24.9 Å². The highest BCUT2D eigenvalue weighted by atomic mass is 32.2. The van der Waals surface area contributed by atoms with Crippen LogP contribution in [0.1, 0.15) is 83.6 Å². The van der Waals surface area contributed by atoms with E-state index in [0.29, 0.717) is 45.6 Å². The fraction of sp³-hybridized carbons (Fsp3) is 0.690. The van der Waals surface area contributed by atoms with Crippen LogP contribution < -0.4 is 10.6 Å². The second kappa shape index (κ2) is 23.3. The Bertz CT molecular complexity index is 1620. The van der Waals surface area contributed by atoms with E-state index >= 15 is 0 Å². The third-order valence-corrected chi connectivity index (χ3v) is 12.9. The maximum Gasteiger partial charge on any atom is 0.305 e. The maximum atomic E-state index is 14.4. The highest BCUT2D eigenvalue weighted by Crippen LogP contribution is 2.29. The van der Waals surface area contributed by atoms with E-state index in [2.05, 4.69) is 10.6 Å². The number of morpholine rings is 1. The molecule has 1 unspecified atom stereocenters. The monoisotopic (exact) mass is 803 g/mol. The molecule has 0 aromatic heterocycles. The lowest BCUT2D eigenvalue weighted by molar-refractivity contribution is -0.146. The molecular formula is C42H65N3O10S. The van der Waals surface area contributed by atoms with Gasteiger partial charge in [-0.3, -0.25) is 19.3 Å². The van der Waals surface area contributed by atoms with Crippen molar-refractivity contribution < 1.29 is 47.2 Å². The topological polar surface area (TPSA) is 181 Å². The zero-order valence-corrected chi connectivity index (χ0v) is 34.4. The highest BCUT2D eigenvalue weighted by Gasteiger charge is 2.36. The van der Waals surface area contributed by atoms with Gasteiger partial charge >= 0.3 is 5.97 Å². The Kier molecular flexibility index (Phi) is 19.0. The summed E-state index contributed by atoms with van der Waals surface area (Å²) in [6.07, 6.45) is 4.37. The fourth-order valence-corrected chi connectivity index (χ4v) is 9.65. The Hall–Kier alpha value is -3.14. The van der Waals surface area contributed by atoms with Crippen LogP contribution in [-0.4, -0.2) is 130 Å². The molecule has 2 aromatic carbocycles. The number of benzene rings is 2. The molecule has 0 radical (unpaired) electrons. The van der Waals surface area contributed by atoms with Gasteiger partial charge in [0, 0.05) is 33.2 Å². The van der Waals surface area contributed by atoms with E-state index in [1.54, 1.807) is 6.92 Å². The van der Waals surface area contributed by atoms with Crippen LogP contribution in [-0.2, 0) is 44.9 Å². The van der Waals surface area contributed by atoms with Crippen LogP contribution in [0.2, 0.25) is 0 Å². The standard InChI is InChI=1S/C42H65N3O10S/c1-4-6-19-36(42(50)44-37(24-30-13-8-7-9-14-30)40(48)38(46)26-45-20-22-54-23-21-45)43-41(49)33(25-32-17-12-16-31-15-10-11-18-35(31)32)28-56(51,52)29-34(53-3)27-55-39(47)5-2/h10-12,15-18,30,33-34,36-38,40,46,48H,4-9,13-14,19-29H2,1-3H3,(H,43,49)(H,44,50)/t33-,34?,36+,37+,38+,40-/m1/s1. The van der Waals surface area contributed by atoms with Gasteiger partial charge < -0.3 is 35.1 Å². The number of fused-ring (bicyclic) bond motifs is 1. The first-order valence-electron chi connectivity index (χ1n) is 20.5. The summed E-state index contributed by atoms with van der Waals surface area (Å²) >= 11 is 0. The minimum Gasteiger partial charge on any atom is -0.463 e. The summed E-state index contributed by atoms with van der Waals surface area (Å²) in [7, 11) is -2.61. The summed E-state index contributed by atoms with van der Waals surface area (Å²) < 4.78 is 43.4. The number of sulfone groups is 1. The molecule has 6 atom stereocenters. The Balaban J connectivity index is 1.57. The molecule has 56 heavy (non-hydrogen) atoms. The number of amides is 2. The molecule has 2 aromatic rings. The molecule has 1 saturated heterocycles. The number of β-amino-alcohol motifs (C(OH)–C–C–N with tert-alkyl or cyclic N) is 1. The van der Waals surface area contributed by atoms with Crippen LogP contribution in [0, 0.1) is 11.8 Å². The van der Waals surface area contributed by atoms with Gasteiger partial charge in [0.25, 0.3) is 0 Å².